The third kappa shape index (κ3) is 3.15. The monoisotopic (exact) mass is 364 g/mol. The summed E-state index contributed by atoms with van der Waals surface area (Å²) >= 11 is 0. The summed E-state index contributed by atoms with van der Waals surface area (Å²) in [7, 11) is 2.83. The first-order valence-electron chi connectivity index (χ1n) is 7.46. The Balaban J connectivity index is 2.04. The van der Waals surface area contributed by atoms with Gasteiger partial charge in [-0.05, 0) is 42.5 Å². The fourth-order valence-corrected chi connectivity index (χ4v) is 2.45. The smallest absolute Gasteiger partial charge is 0.416 e. The highest BCUT2D eigenvalue weighted by atomic mass is 19.4. The number of hydrogen-bond acceptors (Lipinski definition) is 5. The largest absolute Gasteiger partial charge is 0.497 e. The number of anilines is 1. The Morgan fingerprint density at radius 3 is 2.27 bits per heavy atom. The molecule has 0 saturated carbocycles. The molecular weight excluding hydrogens is 349 g/mol. The van der Waals surface area contributed by atoms with Crippen molar-refractivity contribution >= 4 is 5.82 Å². The van der Waals surface area contributed by atoms with Gasteiger partial charge in [0.25, 0.3) is 0 Å². The molecule has 0 unspecified atom stereocenters. The number of nitrogen functional groups attached to an aromatic ring is 1. The number of rotatable bonds is 4. The van der Waals surface area contributed by atoms with Crippen molar-refractivity contribution in [1.29, 1.82) is 0 Å². The molecule has 1 aromatic heterocycles. The minimum atomic E-state index is -4.48. The number of aromatic nitrogens is 3. The summed E-state index contributed by atoms with van der Waals surface area (Å²) in [4.78, 5) is 0. The number of methoxy groups -OCH3 is 2. The van der Waals surface area contributed by atoms with Crippen molar-refractivity contribution in [3.63, 3.8) is 0 Å². The number of halogens is 3. The van der Waals surface area contributed by atoms with Crippen LogP contribution in [0, 0.1) is 0 Å². The van der Waals surface area contributed by atoms with Crippen LogP contribution in [0.3, 0.4) is 0 Å². The van der Waals surface area contributed by atoms with Crippen molar-refractivity contribution in [3.05, 3.63) is 48.0 Å². The summed E-state index contributed by atoms with van der Waals surface area (Å²) in [5.41, 5.74) is 6.64. The molecule has 0 aliphatic heterocycles. The molecular formula is C17H15F3N4O2. The SMILES string of the molecule is COc1ccc(-c2nnn(-c3ccc(C(F)(F)F)cc3OC)c2N)cc1. The van der Waals surface area contributed by atoms with E-state index >= 15 is 0 Å². The molecule has 0 saturated heterocycles. The van der Waals surface area contributed by atoms with Crippen LogP contribution < -0.4 is 15.2 Å². The molecule has 3 aromatic rings. The van der Waals surface area contributed by atoms with Crippen LogP contribution in [-0.4, -0.2) is 29.2 Å². The molecule has 2 aromatic carbocycles. The highest BCUT2D eigenvalue weighted by Gasteiger charge is 2.31. The molecule has 1 heterocycles. The second kappa shape index (κ2) is 6.58. The van der Waals surface area contributed by atoms with Crippen molar-refractivity contribution in [2.45, 2.75) is 6.18 Å². The molecule has 2 N–H and O–H groups in total. The van der Waals surface area contributed by atoms with Gasteiger partial charge in [0.2, 0.25) is 0 Å². The maximum atomic E-state index is 12.9. The van der Waals surface area contributed by atoms with Gasteiger partial charge >= 0.3 is 6.18 Å². The maximum Gasteiger partial charge on any atom is 0.416 e. The summed E-state index contributed by atoms with van der Waals surface area (Å²) in [5, 5.41) is 7.99. The molecule has 0 radical (unpaired) electrons. The van der Waals surface area contributed by atoms with Crippen molar-refractivity contribution in [1.82, 2.24) is 15.0 Å². The van der Waals surface area contributed by atoms with E-state index in [2.05, 4.69) is 10.3 Å². The van der Waals surface area contributed by atoms with E-state index in [1.54, 1.807) is 31.4 Å². The lowest BCUT2D eigenvalue weighted by atomic mass is 10.1. The topological polar surface area (TPSA) is 75.2 Å². The molecule has 0 spiro atoms. The number of ether oxygens (including phenoxy) is 2. The molecule has 0 fully saturated rings. The molecule has 0 bridgehead atoms. The Hall–Kier alpha value is -3.23. The summed E-state index contributed by atoms with van der Waals surface area (Å²) < 4.78 is 50.0. The van der Waals surface area contributed by atoms with Crippen molar-refractivity contribution in [2.75, 3.05) is 20.0 Å². The third-order valence-electron chi connectivity index (χ3n) is 3.80. The highest BCUT2D eigenvalue weighted by Crippen LogP contribution is 2.36. The Labute approximate surface area is 146 Å². The quantitative estimate of drug-likeness (QED) is 0.766. The highest BCUT2D eigenvalue weighted by molar-refractivity contribution is 5.72. The van der Waals surface area contributed by atoms with Gasteiger partial charge in [-0.25, -0.2) is 0 Å². The number of nitrogens with two attached hydrogens (primary N) is 1. The van der Waals surface area contributed by atoms with Crippen LogP contribution in [0.5, 0.6) is 11.5 Å². The van der Waals surface area contributed by atoms with E-state index in [9.17, 15) is 13.2 Å². The minimum absolute atomic E-state index is 0.0160. The van der Waals surface area contributed by atoms with Gasteiger partial charge in [-0.15, -0.1) is 5.10 Å². The van der Waals surface area contributed by atoms with Crippen LogP contribution in [0.25, 0.3) is 16.9 Å². The van der Waals surface area contributed by atoms with E-state index < -0.39 is 11.7 Å². The van der Waals surface area contributed by atoms with Crippen LogP contribution >= 0.6 is 0 Å². The molecule has 6 nitrogen and oxygen atoms in total. The minimum Gasteiger partial charge on any atom is -0.497 e. The van der Waals surface area contributed by atoms with Gasteiger partial charge in [-0.1, -0.05) is 5.21 Å². The number of nitrogens with zero attached hydrogens (tertiary/aromatic N) is 3. The Bertz CT molecular complexity index is 921. The second-order valence-corrected chi connectivity index (χ2v) is 5.35. The number of hydrogen-bond donors (Lipinski definition) is 1. The van der Waals surface area contributed by atoms with Gasteiger partial charge in [0, 0.05) is 5.56 Å². The predicted molar refractivity (Wildman–Crippen MR) is 89.3 cm³/mol. The Morgan fingerprint density at radius 1 is 1.00 bits per heavy atom. The van der Waals surface area contributed by atoms with Gasteiger partial charge in [-0.2, -0.15) is 17.9 Å². The first-order valence-corrected chi connectivity index (χ1v) is 7.46. The lowest BCUT2D eigenvalue weighted by molar-refractivity contribution is -0.137. The Morgan fingerprint density at radius 2 is 1.69 bits per heavy atom. The zero-order chi connectivity index (χ0) is 18.9. The average molecular weight is 364 g/mol. The molecule has 136 valence electrons. The van der Waals surface area contributed by atoms with Gasteiger partial charge < -0.3 is 15.2 Å². The third-order valence-corrected chi connectivity index (χ3v) is 3.80. The van der Waals surface area contributed by atoms with E-state index in [1.165, 1.54) is 17.9 Å². The van der Waals surface area contributed by atoms with Gasteiger partial charge in [0.05, 0.1) is 19.8 Å². The summed E-state index contributed by atoms with van der Waals surface area (Å²) in [6, 6.07) is 10.1. The first-order chi connectivity index (χ1) is 12.3. The zero-order valence-electron chi connectivity index (χ0n) is 13.9. The van der Waals surface area contributed by atoms with Crippen LogP contribution in [-0.2, 0) is 6.18 Å². The fraction of sp³-hybridized carbons (Fsp3) is 0.176. The molecule has 0 amide bonds. The van der Waals surface area contributed by atoms with Crippen LogP contribution in [0.2, 0.25) is 0 Å². The van der Waals surface area contributed by atoms with Crippen LogP contribution in [0.4, 0.5) is 19.0 Å². The van der Waals surface area contributed by atoms with E-state index in [1.807, 2.05) is 0 Å². The van der Waals surface area contributed by atoms with Gasteiger partial charge in [0.1, 0.15) is 22.9 Å². The lowest BCUT2D eigenvalue weighted by Crippen LogP contribution is -2.08. The second-order valence-electron chi connectivity index (χ2n) is 5.35. The van der Waals surface area contributed by atoms with Gasteiger partial charge in [0.15, 0.2) is 5.82 Å². The average Bonchev–Trinajstić information content (AvgIpc) is 3.01. The molecule has 0 atom stereocenters. The van der Waals surface area contributed by atoms with E-state index in [-0.39, 0.29) is 17.3 Å². The zero-order valence-corrected chi connectivity index (χ0v) is 13.9. The van der Waals surface area contributed by atoms with Crippen LogP contribution in [0.1, 0.15) is 5.56 Å². The maximum absolute atomic E-state index is 12.9. The Kier molecular flexibility index (Phi) is 4.45. The van der Waals surface area contributed by atoms with E-state index in [0.717, 1.165) is 12.1 Å². The molecule has 0 aliphatic carbocycles. The molecule has 0 aliphatic rings. The predicted octanol–water partition coefficient (Wildman–Crippen LogP) is 3.55. The fourth-order valence-electron chi connectivity index (χ4n) is 2.45. The lowest BCUT2D eigenvalue weighted by Gasteiger charge is -2.13. The number of alkyl halides is 3. The summed E-state index contributed by atoms with van der Waals surface area (Å²) in [6.07, 6.45) is -4.48. The normalized spacial score (nSPS) is 11.4. The molecule has 9 heteroatoms. The summed E-state index contributed by atoms with van der Waals surface area (Å²) in [6.45, 7) is 0. The number of benzene rings is 2. The van der Waals surface area contributed by atoms with Crippen molar-refractivity contribution in [2.24, 2.45) is 0 Å². The molecule has 26 heavy (non-hydrogen) atoms. The van der Waals surface area contributed by atoms with Crippen LogP contribution in [0.15, 0.2) is 42.5 Å². The van der Waals surface area contributed by atoms with E-state index in [4.69, 9.17) is 15.2 Å². The van der Waals surface area contributed by atoms with E-state index in [0.29, 0.717) is 17.0 Å². The first kappa shape index (κ1) is 17.6. The molecule has 3 rings (SSSR count). The van der Waals surface area contributed by atoms with Crippen molar-refractivity contribution in [3.8, 4) is 28.4 Å². The van der Waals surface area contributed by atoms with Gasteiger partial charge in [-0.3, -0.25) is 0 Å². The standard InChI is InChI=1S/C17H15F3N4O2/c1-25-12-6-3-10(4-7-12)15-16(21)24(23-22-15)13-8-5-11(17(18,19)20)9-14(13)26-2/h3-9H,21H2,1-2H3. The summed E-state index contributed by atoms with van der Waals surface area (Å²) in [5.74, 6) is 0.829. The van der Waals surface area contributed by atoms with Crippen molar-refractivity contribution < 1.29 is 22.6 Å².